The van der Waals surface area contributed by atoms with Crippen molar-refractivity contribution in [3.8, 4) is 5.88 Å². The van der Waals surface area contributed by atoms with Gasteiger partial charge in [-0.05, 0) is 12.1 Å². The molecule has 0 saturated heterocycles. The molecule has 1 aromatic carbocycles. The molecule has 2 rings (SSSR count). The summed E-state index contributed by atoms with van der Waals surface area (Å²) in [5, 5.41) is 12.8. The molecule has 0 fully saturated rings. The number of aliphatic hydroxyl groups is 1. The third-order valence-corrected chi connectivity index (χ3v) is 2.77. The van der Waals surface area contributed by atoms with Gasteiger partial charge in [-0.2, -0.15) is 0 Å². The van der Waals surface area contributed by atoms with Crippen LogP contribution in [0.4, 0.5) is 14.5 Å². The first-order valence-corrected chi connectivity index (χ1v) is 5.97. The number of pyridine rings is 1. The molecule has 0 radical (unpaired) electrons. The number of aliphatic hydroxyl groups excluding tert-OH is 1. The maximum absolute atomic E-state index is 13.5. The summed E-state index contributed by atoms with van der Waals surface area (Å²) in [4.78, 5) is 3.99. The van der Waals surface area contributed by atoms with Crippen molar-refractivity contribution in [1.29, 1.82) is 0 Å². The Balaban J connectivity index is 1.98. The molecule has 1 unspecified atom stereocenters. The molecule has 0 amide bonds. The van der Waals surface area contributed by atoms with Crippen LogP contribution >= 0.6 is 0 Å². The zero-order valence-corrected chi connectivity index (χ0v) is 10.8. The van der Waals surface area contributed by atoms with Crippen molar-refractivity contribution in [3.05, 3.63) is 53.7 Å². The predicted octanol–water partition coefficient (Wildman–Crippen LogP) is 2.51. The largest absolute Gasteiger partial charge is 0.481 e. The Labute approximate surface area is 115 Å². The summed E-state index contributed by atoms with van der Waals surface area (Å²) in [6.07, 6.45) is 0.449. The highest BCUT2D eigenvalue weighted by Crippen LogP contribution is 2.19. The van der Waals surface area contributed by atoms with Crippen LogP contribution in [0.25, 0.3) is 0 Å². The molecule has 2 N–H and O–H groups in total. The van der Waals surface area contributed by atoms with Crippen molar-refractivity contribution >= 4 is 5.69 Å². The van der Waals surface area contributed by atoms with Crippen molar-refractivity contribution in [2.45, 2.75) is 6.10 Å². The molecule has 0 saturated carbocycles. The van der Waals surface area contributed by atoms with E-state index < -0.39 is 17.7 Å². The highest BCUT2D eigenvalue weighted by molar-refractivity contribution is 5.42. The topological polar surface area (TPSA) is 54.4 Å². The maximum Gasteiger partial charge on any atom is 0.213 e. The SMILES string of the molecule is COc1ccc(NCC(O)c2ccc(F)cc2F)cn1. The van der Waals surface area contributed by atoms with Gasteiger partial charge in [0.2, 0.25) is 5.88 Å². The van der Waals surface area contributed by atoms with Crippen molar-refractivity contribution in [2.24, 2.45) is 0 Å². The summed E-state index contributed by atoms with van der Waals surface area (Å²) in [5.74, 6) is -0.974. The van der Waals surface area contributed by atoms with Gasteiger partial charge in [0.25, 0.3) is 0 Å². The van der Waals surface area contributed by atoms with Crippen molar-refractivity contribution in [3.63, 3.8) is 0 Å². The van der Waals surface area contributed by atoms with Gasteiger partial charge in [0.15, 0.2) is 0 Å². The van der Waals surface area contributed by atoms with Crippen LogP contribution in [0.2, 0.25) is 0 Å². The highest BCUT2D eigenvalue weighted by atomic mass is 19.1. The van der Waals surface area contributed by atoms with E-state index in [1.54, 1.807) is 12.1 Å². The van der Waals surface area contributed by atoms with E-state index in [4.69, 9.17) is 4.74 Å². The number of nitrogens with one attached hydrogen (secondary N) is 1. The third-order valence-electron chi connectivity index (χ3n) is 2.77. The zero-order valence-electron chi connectivity index (χ0n) is 10.8. The molecule has 1 aromatic heterocycles. The average molecular weight is 280 g/mol. The third kappa shape index (κ3) is 3.42. The fraction of sp³-hybridized carbons (Fsp3) is 0.214. The molecular weight excluding hydrogens is 266 g/mol. The van der Waals surface area contributed by atoms with E-state index in [2.05, 4.69) is 10.3 Å². The Morgan fingerprint density at radius 1 is 1.30 bits per heavy atom. The smallest absolute Gasteiger partial charge is 0.213 e. The van der Waals surface area contributed by atoms with E-state index >= 15 is 0 Å². The minimum atomic E-state index is -1.09. The minimum Gasteiger partial charge on any atom is -0.481 e. The van der Waals surface area contributed by atoms with E-state index in [9.17, 15) is 13.9 Å². The van der Waals surface area contributed by atoms with Gasteiger partial charge in [-0.1, -0.05) is 6.07 Å². The van der Waals surface area contributed by atoms with Crippen LogP contribution in [-0.2, 0) is 0 Å². The molecule has 1 atom stereocenters. The van der Waals surface area contributed by atoms with Crippen LogP contribution in [0.5, 0.6) is 5.88 Å². The number of methoxy groups -OCH3 is 1. The number of anilines is 1. The first-order chi connectivity index (χ1) is 9.60. The number of hydrogen-bond acceptors (Lipinski definition) is 4. The Morgan fingerprint density at radius 2 is 2.10 bits per heavy atom. The van der Waals surface area contributed by atoms with Gasteiger partial charge in [0.1, 0.15) is 11.6 Å². The minimum absolute atomic E-state index is 0.0420. The lowest BCUT2D eigenvalue weighted by molar-refractivity contribution is 0.186. The van der Waals surface area contributed by atoms with Gasteiger partial charge in [0, 0.05) is 24.2 Å². The average Bonchev–Trinajstić information content (AvgIpc) is 2.45. The monoisotopic (exact) mass is 280 g/mol. The van der Waals surface area contributed by atoms with Gasteiger partial charge >= 0.3 is 0 Å². The highest BCUT2D eigenvalue weighted by Gasteiger charge is 2.13. The van der Waals surface area contributed by atoms with Gasteiger partial charge in [-0.3, -0.25) is 0 Å². The Hall–Kier alpha value is -2.21. The molecule has 0 aliphatic carbocycles. The van der Waals surface area contributed by atoms with Crippen molar-refractivity contribution in [1.82, 2.24) is 4.98 Å². The van der Waals surface area contributed by atoms with E-state index in [1.807, 2.05) is 0 Å². The van der Waals surface area contributed by atoms with Gasteiger partial charge in [-0.15, -0.1) is 0 Å². The zero-order chi connectivity index (χ0) is 14.5. The summed E-state index contributed by atoms with van der Waals surface area (Å²) in [7, 11) is 1.51. The van der Waals surface area contributed by atoms with E-state index in [-0.39, 0.29) is 12.1 Å². The molecule has 20 heavy (non-hydrogen) atoms. The molecule has 1 heterocycles. The summed E-state index contributed by atoms with van der Waals surface area (Å²) >= 11 is 0. The Morgan fingerprint density at radius 3 is 2.70 bits per heavy atom. The van der Waals surface area contributed by atoms with Crippen molar-refractivity contribution < 1.29 is 18.6 Å². The standard InChI is InChI=1S/C14H14F2N2O2/c1-20-14-5-3-10(7-18-14)17-8-13(19)11-4-2-9(15)6-12(11)16/h2-7,13,17,19H,8H2,1H3. The quantitative estimate of drug-likeness (QED) is 0.883. The molecule has 2 aromatic rings. The van der Waals surface area contributed by atoms with Gasteiger partial charge < -0.3 is 15.2 Å². The number of aromatic nitrogens is 1. The summed E-state index contributed by atoms with van der Waals surface area (Å²) in [6, 6.07) is 6.46. The number of benzene rings is 1. The lowest BCUT2D eigenvalue weighted by Crippen LogP contribution is -2.13. The second kappa shape index (κ2) is 6.29. The van der Waals surface area contributed by atoms with E-state index in [0.29, 0.717) is 11.6 Å². The normalized spacial score (nSPS) is 12.0. The molecule has 0 aliphatic heterocycles. The van der Waals surface area contributed by atoms with Crippen LogP contribution in [0.1, 0.15) is 11.7 Å². The summed E-state index contributed by atoms with van der Waals surface area (Å²) in [6.45, 7) is 0.0799. The lowest BCUT2D eigenvalue weighted by Gasteiger charge is -2.14. The Kier molecular flexibility index (Phi) is 4.47. The van der Waals surface area contributed by atoms with Crippen LogP contribution in [0, 0.1) is 11.6 Å². The van der Waals surface area contributed by atoms with Crippen LogP contribution in [-0.4, -0.2) is 23.7 Å². The fourth-order valence-electron chi connectivity index (χ4n) is 1.70. The molecular formula is C14H14F2N2O2. The maximum atomic E-state index is 13.5. The molecule has 0 spiro atoms. The van der Waals surface area contributed by atoms with Crippen LogP contribution < -0.4 is 10.1 Å². The number of halogens is 2. The molecule has 4 nitrogen and oxygen atoms in total. The Bertz CT molecular complexity index is 576. The van der Waals surface area contributed by atoms with Gasteiger partial charge in [0.05, 0.1) is 25.1 Å². The van der Waals surface area contributed by atoms with Crippen LogP contribution in [0.3, 0.4) is 0 Å². The van der Waals surface area contributed by atoms with E-state index in [0.717, 1.165) is 12.1 Å². The molecule has 6 heteroatoms. The number of nitrogens with zero attached hydrogens (tertiary/aromatic N) is 1. The van der Waals surface area contributed by atoms with Gasteiger partial charge in [-0.25, -0.2) is 13.8 Å². The predicted molar refractivity (Wildman–Crippen MR) is 70.6 cm³/mol. The second-order valence-corrected chi connectivity index (χ2v) is 4.15. The first-order valence-electron chi connectivity index (χ1n) is 5.97. The number of rotatable bonds is 5. The molecule has 106 valence electrons. The second-order valence-electron chi connectivity index (χ2n) is 4.15. The number of hydrogen-bond donors (Lipinski definition) is 2. The fourth-order valence-corrected chi connectivity index (χ4v) is 1.70. The lowest BCUT2D eigenvalue weighted by atomic mass is 10.1. The summed E-state index contributed by atoms with van der Waals surface area (Å²) in [5.41, 5.74) is 0.702. The van der Waals surface area contributed by atoms with E-state index in [1.165, 1.54) is 19.4 Å². The van der Waals surface area contributed by atoms with Crippen molar-refractivity contribution in [2.75, 3.05) is 19.0 Å². The first kappa shape index (κ1) is 14.2. The molecule has 0 aliphatic rings. The number of ether oxygens (including phenoxy) is 1. The summed E-state index contributed by atoms with van der Waals surface area (Å²) < 4.78 is 31.2. The van der Waals surface area contributed by atoms with Crippen LogP contribution in [0.15, 0.2) is 36.5 Å². The molecule has 0 bridgehead atoms.